The van der Waals surface area contributed by atoms with Gasteiger partial charge in [0.25, 0.3) is 17.4 Å². The van der Waals surface area contributed by atoms with Crippen molar-refractivity contribution in [3.8, 4) is 5.75 Å². The Morgan fingerprint density at radius 1 is 1.48 bits per heavy atom. The average molecular weight is 318 g/mol. The molecule has 23 heavy (non-hydrogen) atoms. The summed E-state index contributed by atoms with van der Waals surface area (Å²) in [6, 6.07) is 5.56. The number of nitrogens with one attached hydrogen (secondary N) is 1. The summed E-state index contributed by atoms with van der Waals surface area (Å²) in [7, 11) is 1.66. The number of carbonyl (C=O) groups is 2. The molecule has 3 rings (SSSR count). The highest BCUT2D eigenvalue weighted by Gasteiger charge is 2.49. The first-order valence-electron chi connectivity index (χ1n) is 7.89. The van der Waals surface area contributed by atoms with E-state index in [4.69, 9.17) is 9.47 Å². The fourth-order valence-electron chi connectivity index (χ4n) is 2.99. The normalized spacial score (nSPS) is 26.7. The van der Waals surface area contributed by atoms with Crippen LogP contribution < -0.4 is 15.0 Å². The molecular weight excluding hydrogens is 296 g/mol. The molecular formula is C17H22N2O4. The summed E-state index contributed by atoms with van der Waals surface area (Å²) in [4.78, 5) is 26.7. The molecule has 1 fully saturated rings. The molecule has 1 aromatic carbocycles. The van der Waals surface area contributed by atoms with Gasteiger partial charge in [-0.1, -0.05) is 6.07 Å². The molecule has 2 aliphatic rings. The van der Waals surface area contributed by atoms with Crippen LogP contribution >= 0.6 is 0 Å². The fourth-order valence-corrected chi connectivity index (χ4v) is 2.99. The van der Waals surface area contributed by atoms with Crippen LogP contribution in [0, 0.1) is 6.92 Å². The lowest BCUT2D eigenvalue weighted by Gasteiger charge is -2.38. The second-order valence-electron chi connectivity index (χ2n) is 6.32. The molecule has 1 aromatic rings. The molecule has 0 aliphatic carbocycles. The van der Waals surface area contributed by atoms with E-state index in [1.165, 1.54) is 11.8 Å². The summed E-state index contributed by atoms with van der Waals surface area (Å²) < 4.78 is 11.3. The van der Waals surface area contributed by atoms with Crippen LogP contribution in [0.5, 0.6) is 5.75 Å². The lowest BCUT2D eigenvalue weighted by Crippen LogP contribution is -2.62. The van der Waals surface area contributed by atoms with Crippen LogP contribution in [0.3, 0.4) is 0 Å². The van der Waals surface area contributed by atoms with E-state index in [-0.39, 0.29) is 12.0 Å². The number of anilines is 1. The Morgan fingerprint density at radius 2 is 2.26 bits per heavy atom. The number of likely N-dealkylation sites (N-methyl/N-ethyl adjacent to an activating group) is 1. The Bertz CT molecular complexity index is 639. The van der Waals surface area contributed by atoms with E-state index < -0.39 is 11.5 Å². The van der Waals surface area contributed by atoms with Crippen molar-refractivity contribution in [3.05, 3.63) is 23.8 Å². The number of benzene rings is 1. The highest BCUT2D eigenvalue weighted by Crippen LogP contribution is 2.37. The van der Waals surface area contributed by atoms with Gasteiger partial charge in [-0.25, -0.2) is 0 Å². The van der Waals surface area contributed by atoms with Gasteiger partial charge in [-0.2, -0.15) is 0 Å². The predicted octanol–water partition coefficient (Wildman–Crippen LogP) is 1.40. The average Bonchev–Trinajstić information content (AvgIpc) is 3.05. The number of amides is 2. The van der Waals surface area contributed by atoms with E-state index in [9.17, 15) is 9.59 Å². The zero-order valence-electron chi connectivity index (χ0n) is 13.7. The molecule has 0 aromatic heterocycles. The quantitative estimate of drug-likeness (QED) is 0.856. The lowest BCUT2D eigenvalue weighted by molar-refractivity contribution is -0.148. The molecule has 0 radical (unpaired) electrons. The number of carbonyl (C=O) groups excluding carboxylic acids is 2. The molecule has 0 saturated carbocycles. The number of rotatable bonds is 3. The second kappa shape index (κ2) is 5.85. The van der Waals surface area contributed by atoms with E-state index in [1.807, 2.05) is 19.1 Å². The van der Waals surface area contributed by atoms with E-state index in [0.29, 0.717) is 18.0 Å². The minimum absolute atomic E-state index is 0.0221. The van der Waals surface area contributed by atoms with Crippen LogP contribution in [0.4, 0.5) is 5.69 Å². The molecule has 0 bridgehead atoms. The maximum Gasteiger partial charge on any atom is 0.280 e. The third-order valence-electron chi connectivity index (χ3n) is 4.45. The molecule has 0 spiro atoms. The van der Waals surface area contributed by atoms with Gasteiger partial charge in [-0.05, 0) is 44.4 Å². The highest BCUT2D eigenvalue weighted by molar-refractivity contribution is 6.16. The molecule has 2 amide bonds. The summed E-state index contributed by atoms with van der Waals surface area (Å²) in [5.74, 6) is -0.274. The molecule has 124 valence electrons. The van der Waals surface area contributed by atoms with Gasteiger partial charge in [-0.15, -0.1) is 0 Å². The predicted molar refractivity (Wildman–Crippen MR) is 85.6 cm³/mol. The van der Waals surface area contributed by atoms with Crippen molar-refractivity contribution < 1.29 is 19.1 Å². The van der Waals surface area contributed by atoms with Crippen molar-refractivity contribution in [2.45, 2.75) is 38.4 Å². The monoisotopic (exact) mass is 318 g/mol. The third-order valence-corrected chi connectivity index (χ3v) is 4.45. The highest BCUT2D eigenvalue weighted by atomic mass is 16.5. The number of nitrogens with zero attached hydrogens (tertiary/aromatic N) is 1. The first-order valence-corrected chi connectivity index (χ1v) is 7.89. The van der Waals surface area contributed by atoms with Crippen molar-refractivity contribution >= 4 is 17.5 Å². The van der Waals surface area contributed by atoms with Crippen molar-refractivity contribution in [1.82, 2.24) is 5.32 Å². The lowest BCUT2D eigenvalue weighted by atomic mass is 9.99. The van der Waals surface area contributed by atoms with Crippen molar-refractivity contribution in [2.75, 3.05) is 25.1 Å². The summed E-state index contributed by atoms with van der Waals surface area (Å²) in [5.41, 5.74) is 0.146. The van der Waals surface area contributed by atoms with Crippen LogP contribution in [0.1, 0.15) is 25.3 Å². The molecule has 1 N–H and O–H groups in total. The Hall–Kier alpha value is -2.08. The first-order chi connectivity index (χ1) is 10.9. The van der Waals surface area contributed by atoms with Gasteiger partial charge in [0.05, 0.1) is 11.8 Å². The Morgan fingerprint density at radius 3 is 2.96 bits per heavy atom. The van der Waals surface area contributed by atoms with E-state index >= 15 is 0 Å². The first kappa shape index (κ1) is 15.8. The molecule has 2 atom stereocenters. The van der Waals surface area contributed by atoms with E-state index in [2.05, 4.69) is 5.32 Å². The van der Waals surface area contributed by atoms with Gasteiger partial charge < -0.3 is 19.7 Å². The summed E-state index contributed by atoms with van der Waals surface area (Å²) in [6.45, 7) is 4.58. The van der Waals surface area contributed by atoms with Gasteiger partial charge in [0.2, 0.25) is 0 Å². The standard InChI is InChI=1S/C17H22N2O4/c1-11-6-7-14-13(9-11)19(3)16(21)17(2,23-14)15(20)18-10-12-5-4-8-22-12/h6-7,9,12H,4-5,8,10H2,1-3H3,(H,18,20). The van der Waals surface area contributed by atoms with Gasteiger partial charge in [-0.3, -0.25) is 9.59 Å². The van der Waals surface area contributed by atoms with Gasteiger partial charge in [0, 0.05) is 20.2 Å². The maximum absolute atomic E-state index is 12.7. The topological polar surface area (TPSA) is 67.9 Å². The van der Waals surface area contributed by atoms with Gasteiger partial charge in [0.1, 0.15) is 5.75 Å². The van der Waals surface area contributed by atoms with Crippen LogP contribution in [-0.2, 0) is 14.3 Å². The molecule has 2 unspecified atom stereocenters. The SMILES string of the molecule is Cc1ccc2c(c1)N(C)C(=O)C(C)(C(=O)NCC1CCCO1)O2. The molecule has 6 heteroatoms. The smallest absolute Gasteiger partial charge is 0.280 e. The third kappa shape index (κ3) is 2.79. The number of hydrogen-bond donors (Lipinski definition) is 1. The maximum atomic E-state index is 12.7. The Balaban J connectivity index is 1.78. The van der Waals surface area contributed by atoms with Crippen molar-refractivity contribution in [3.63, 3.8) is 0 Å². The summed E-state index contributed by atoms with van der Waals surface area (Å²) in [6.07, 6.45) is 1.95. The summed E-state index contributed by atoms with van der Waals surface area (Å²) >= 11 is 0. The number of fused-ring (bicyclic) bond motifs is 1. The van der Waals surface area contributed by atoms with Gasteiger partial charge in [0.15, 0.2) is 0 Å². The zero-order chi connectivity index (χ0) is 16.6. The minimum Gasteiger partial charge on any atom is -0.466 e. The number of ether oxygens (including phenoxy) is 2. The van der Waals surface area contributed by atoms with Crippen molar-refractivity contribution in [1.29, 1.82) is 0 Å². The van der Waals surface area contributed by atoms with E-state index in [0.717, 1.165) is 25.0 Å². The van der Waals surface area contributed by atoms with Crippen LogP contribution in [0.25, 0.3) is 0 Å². The Labute approximate surface area is 135 Å². The molecule has 1 saturated heterocycles. The van der Waals surface area contributed by atoms with Crippen LogP contribution in [-0.4, -0.2) is 43.7 Å². The second-order valence-corrected chi connectivity index (χ2v) is 6.32. The van der Waals surface area contributed by atoms with Crippen LogP contribution in [0.15, 0.2) is 18.2 Å². The zero-order valence-corrected chi connectivity index (χ0v) is 13.7. The van der Waals surface area contributed by atoms with Crippen molar-refractivity contribution in [2.24, 2.45) is 0 Å². The fraction of sp³-hybridized carbons (Fsp3) is 0.529. The summed E-state index contributed by atoms with van der Waals surface area (Å²) in [5, 5.41) is 2.79. The molecule has 2 aliphatic heterocycles. The Kier molecular flexibility index (Phi) is 4.02. The minimum atomic E-state index is -1.56. The molecule has 6 nitrogen and oxygen atoms in total. The van der Waals surface area contributed by atoms with Crippen LogP contribution in [0.2, 0.25) is 0 Å². The van der Waals surface area contributed by atoms with Gasteiger partial charge >= 0.3 is 0 Å². The largest absolute Gasteiger partial charge is 0.466 e. The molecule has 2 heterocycles. The number of aryl methyl sites for hydroxylation is 1. The van der Waals surface area contributed by atoms with E-state index in [1.54, 1.807) is 13.1 Å². The number of hydrogen-bond acceptors (Lipinski definition) is 4.